The zero-order valence-electron chi connectivity index (χ0n) is 10.7. The molecule has 108 valence electrons. The first-order valence-corrected chi connectivity index (χ1v) is 8.20. The summed E-state index contributed by atoms with van der Waals surface area (Å²) < 4.78 is 27.3. The molecule has 0 bridgehead atoms. The number of hydrogen-bond donors (Lipinski definition) is 1. The molecule has 0 aliphatic carbocycles. The molecule has 0 spiro atoms. The van der Waals surface area contributed by atoms with Gasteiger partial charge in [0, 0.05) is 23.6 Å². The SMILES string of the molecule is CNC1CCCN(S(=O)(=O)c2cccc(Br)c2)C1.Cl. The monoisotopic (exact) mass is 368 g/mol. The quantitative estimate of drug-likeness (QED) is 0.889. The van der Waals surface area contributed by atoms with Gasteiger partial charge in [-0.1, -0.05) is 22.0 Å². The highest BCUT2D eigenvalue weighted by Gasteiger charge is 2.29. The minimum absolute atomic E-state index is 0. The summed E-state index contributed by atoms with van der Waals surface area (Å²) in [5.41, 5.74) is 0. The summed E-state index contributed by atoms with van der Waals surface area (Å²) in [6.45, 7) is 1.15. The molecule has 1 aliphatic heterocycles. The second kappa shape index (κ2) is 7.04. The highest BCUT2D eigenvalue weighted by molar-refractivity contribution is 9.10. The molecule has 19 heavy (non-hydrogen) atoms. The molecule has 1 unspecified atom stereocenters. The van der Waals surface area contributed by atoms with E-state index in [9.17, 15) is 8.42 Å². The fraction of sp³-hybridized carbons (Fsp3) is 0.500. The Hall–Kier alpha value is -0.140. The lowest BCUT2D eigenvalue weighted by atomic mass is 10.1. The summed E-state index contributed by atoms with van der Waals surface area (Å²) in [6.07, 6.45) is 1.93. The molecule has 1 atom stereocenters. The van der Waals surface area contributed by atoms with E-state index in [2.05, 4.69) is 21.2 Å². The third kappa shape index (κ3) is 3.92. The Morgan fingerprint density at radius 3 is 2.79 bits per heavy atom. The fourth-order valence-corrected chi connectivity index (χ4v) is 4.29. The molecule has 1 saturated heterocycles. The maximum atomic E-state index is 12.5. The van der Waals surface area contributed by atoms with E-state index in [1.165, 1.54) is 0 Å². The average Bonchev–Trinajstić information content (AvgIpc) is 2.39. The van der Waals surface area contributed by atoms with Crippen molar-refractivity contribution >= 4 is 38.4 Å². The number of hydrogen-bond acceptors (Lipinski definition) is 3. The molecule has 1 aliphatic rings. The Morgan fingerprint density at radius 1 is 1.42 bits per heavy atom. The Balaban J connectivity index is 0.00000180. The maximum Gasteiger partial charge on any atom is 0.243 e. The summed E-state index contributed by atoms with van der Waals surface area (Å²) in [5, 5.41) is 3.15. The molecule has 7 heteroatoms. The van der Waals surface area contributed by atoms with Crippen molar-refractivity contribution in [3.63, 3.8) is 0 Å². The van der Waals surface area contributed by atoms with Gasteiger partial charge < -0.3 is 5.32 Å². The smallest absolute Gasteiger partial charge is 0.243 e. The zero-order chi connectivity index (χ0) is 13.2. The lowest BCUT2D eigenvalue weighted by Crippen LogP contribution is -2.46. The van der Waals surface area contributed by atoms with Crippen LogP contribution in [0.3, 0.4) is 0 Å². The summed E-state index contributed by atoms with van der Waals surface area (Å²) in [4.78, 5) is 0.355. The largest absolute Gasteiger partial charge is 0.316 e. The van der Waals surface area contributed by atoms with E-state index in [0.717, 1.165) is 17.3 Å². The number of sulfonamides is 1. The molecule has 4 nitrogen and oxygen atoms in total. The zero-order valence-corrected chi connectivity index (χ0v) is 13.9. The van der Waals surface area contributed by atoms with E-state index < -0.39 is 10.0 Å². The fourth-order valence-electron chi connectivity index (χ4n) is 2.17. The lowest BCUT2D eigenvalue weighted by Gasteiger charge is -2.31. The third-order valence-corrected chi connectivity index (χ3v) is 5.58. The van der Waals surface area contributed by atoms with Gasteiger partial charge in [-0.2, -0.15) is 4.31 Å². The van der Waals surface area contributed by atoms with Crippen LogP contribution in [0.5, 0.6) is 0 Å². The van der Waals surface area contributed by atoms with Crippen molar-refractivity contribution in [2.75, 3.05) is 20.1 Å². The van der Waals surface area contributed by atoms with Crippen LogP contribution < -0.4 is 5.32 Å². The van der Waals surface area contributed by atoms with Crippen molar-refractivity contribution in [3.05, 3.63) is 28.7 Å². The van der Waals surface area contributed by atoms with Crippen molar-refractivity contribution in [2.45, 2.75) is 23.8 Å². The van der Waals surface area contributed by atoms with Crippen molar-refractivity contribution in [3.8, 4) is 0 Å². The van der Waals surface area contributed by atoms with Crippen molar-refractivity contribution in [2.24, 2.45) is 0 Å². The van der Waals surface area contributed by atoms with Crippen LogP contribution in [0, 0.1) is 0 Å². The normalized spacial score (nSPS) is 20.8. The van der Waals surface area contributed by atoms with Gasteiger partial charge in [0.25, 0.3) is 0 Å². The molecule has 1 fully saturated rings. The summed E-state index contributed by atoms with van der Waals surface area (Å²) >= 11 is 3.31. The Bertz CT molecular complexity index is 524. The van der Waals surface area contributed by atoms with Crippen molar-refractivity contribution in [1.82, 2.24) is 9.62 Å². The standard InChI is InChI=1S/C12H17BrN2O2S.ClH/c1-14-11-5-3-7-15(9-11)18(16,17)12-6-2-4-10(13)8-12;/h2,4,6,8,11,14H,3,5,7,9H2,1H3;1H. The summed E-state index contributed by atoms with van der Waals surface area (Å²) in [6, 6.07) is 7.12. The molecule has 1 heterocycles. The van der Waals surface area contributed by atoms with Crippen LogP contribution in [0.15, 0.2) is 33.6 Å². The van der Waals surface area contributed by atoms with E-state index >= 15 is 0 Å². The number of rotatable bonds is 3. The van der Waals surface area contributed by atoms with Crippen molar-refractivity contribution < 1.29 is 8.42 Å². The van der Waals surface area contributed by atoms with Gasteiger partial charge in [0.05, 0.1) is 4.90 Å². The van der Waals surface area contributed by atoms with E-state index in [1.54, 1.807) is 22.5 Å². The van der Waals surface area contributed by atoms with Gasteiger partial charge in [0.2, 0.25) is 10.0 Å². The second-order valence-corrected chi connectivity index (χ2v) is 7.30. The topological polar surface area (TPSA) is 49.4 Å². The maximum absolute atomic E-state index is 12.5. The van der Waals surface area contributed by atoms with Crippen LogP contribution >= 0.6 is 28.3 Å². The number of benzene rings is 1. The molecule has 1 N–H and O–H groups in total. The number of nitrogens with zero attached hydrogens (tertiary/aromatic N) is 1. The van der Waals surface area contributed by atoms with Gasteiger partial charge in [-0.25, -0.2) is 8.42 Å². The van der Waals surface area contributed by atoms with Crippen LogP contribution in [0.1, 0.15) is 12.8 Å². The summed E-state index contributed by atoms with van der Waals surface area (Å²) in [7, 11) is -1.49. The van der Waals surface area contributed by atoms with Crippen LogP contribution in [-0.2, 0) is 10.0 Å². The van der Waals surface area contributed by atoms with Gasteiger partial charge in [-0.3, -0.25) is 0 Å². The van der Waals surface area contributed by atoms with Crippen LogP contribution in [-0.4, -0.2) is 38.9 Å². The highest BCUT2D eigenvalue weighted by atomic mass is 79.9. The van der Waals surface area contributed by atoms with Gasteiger partial charge >= 0.3 is 0 Å². The molecule has 2 rings (SSSR count). The van der Waals surface area contributed by atoms with E-state index in [-0.39, 0.29) is 18.4 Å². The molecular formula is C12H18BrClN2O2S. The molecule has 0 radical (unpaired) electrons. The first-order valence-electron chi connectivity index (χ1n) is 5.97. The lowest BCUT2D eigenvalue weighted by molar-refractivity contribution is 0.293. The van der Waals surface area contributed by atoms with Gasteiger partial charge in [-0.05, 0) is 38.1 Å². The highest BCUT2D eigenvalue weighted by Crippen LogP contribution is 2.23. The van der Waals surface area contributed by atoms with Gasteiger partial charge in [0.15, 0.2) is 0 Å². The van der Waals surface area contributed by atoms with Crippen LogP contribution in [0.2, 0.25) is 0 Å². The van der Waals surface area contributed by atoms with Crippen LogP contribution in [0.25, 0.3) is 0 Å². The number of likely N-dealkylation sites (N-methyl/N-ethyl adjacent to an activating group) is 1. The molecule has 0 saturated carbocycles. The average molecular weight is 370 g/mol. The molecule has 1 aromatic carbocycles. The Morgan fingerprint density at radius 2 is 2.16 bits per heavy atom. The van der Waals surface area contributed by atoms with Crippen molar-refractivity contribution in [1.29, 1.82) is 0 Å². The van der Waals surface area contributed by atoms with E-state index in [1.807, 2.05) is 13.1 Å². The van der Waals surface area contributed by atoms with Crippen LogP contribution in [0.4, 0.5) is 0 Å². The summed E-state index contributed by atoms with van der Waals surface area (Å²) in [5.74, 6) is 0. The Labute approximate surface area is 129 Å². The molecule has 1 aromatic rings. The van der Waals surface area contributed by atoms with E-state index in [0.29, 0.717) is 18.0 Å². The van der Waals surface area contributed by atoms with Gasteiger partial charge in [0.1, 0.15) is 0 Å². The number of nitrogens with one attached hydrogen (secondary N) is 1. The minimum Gasteiger partial charge on any atom is -0.316 e. The number of halogens is 2. The van der Waals surface area contributed by atoms with Gasteiger partial charge in [-0.15, -0.1) is 12.4 Å². The predicted octanol–water partition coefficient (Wildman–Crippen LogP) is 2.24. The predicted molar refractivity (Wildman–Crippen MR) is 82.2 cm³/mol. The first kappa shape index (κ1) is 16.9. The molecular weight excluding hydrogens is 352 g/mol. The molecule has 0 aromatic heterocycles. The second-order valence-electron chi connectivity index (χ2n) is 4.45. The minimum atomic E-state index is -3.36. The third-order valence-electron chi connectivity index (χ3n) is 3.23. The van der Waals surface area contributed by atoms with E-state index in [4.69, 9.17) is 0 Å². The first-order chi connectivity index (χ1) is 8.54. The Kier molecular flexibility index (Phi) is 6.26. The number of piperidine rings is 1. The molecule has 0 amide bonds.